The van der Waals surface area contributed by atoms with Crippen LogP contribution in [0.1, 0.15) is 78.5 Å². The SMILES string of the molecule is O=C1CCC(N2C(=O)c3ccc(N4CCCCCCCCC4)cc3C2=O)C(=O)N1. The fourth-order valence-corrected chi connectivity index (χ4v) is 4.51. The van der Waals surface area contributed by atoms with Crippen LogP contribution >= 0.6 is 0 Å². The van der Waals surface area contributed by atoms with Crippen LogP contribution in [-0.2, 0) is 9.59 Å². The van der Waals surface area contributed by atoms with Crippen LogP contribution in [0.25, 0.3) is 0 Å². The third-order valence-corrected chi connectivity index (χ3v) is 6.14. The molecule has 154 valence electrons. The van der Waals surface area contributed by atoms with Crippen molar-refractivity contribution >= 4 is 29.3 Å². The Balaban J connectivity index is 1.56. The van der Waals surface area contributed by atoms with Gasteiger partial charge in [-0.2, -0.15) is 0 Å². The first kappa shape index (κ1) is 19.6. The van der Waals surface area contributed by atoms with E-state index in [1.807, 2.05) is 6.07 Å². The summed E-state index contributed by atoms with van der Waals surface area (Å²) in [6.45, 7) is 1.88. The minimum absolute atomic E-state index is 0.128. The molecule has 0 aliphatic carbocycles. The van der Waals surface area contributed by atoms with Crippen molar-refractivity contribution in [2.45, 2.75) is 63.8 Å². The Hall–Kier alpha value is -2.70. The fraction of sp³-hybridized carbons (Fsp3) is 0.545. The van der Waals surface area contributed by atoms with E-state index in [1.54, 1.807) is 12.1 Å². The number of benzene rings is 1. The highest BCUT2D eigenvalue weighted by atomic mass is 16.2. The molecule has 0 aromatic heterocycles. The van der Waals surface area contributed by atoms with Crippen LogP contribution in [0.4, 0.5) is 5.69 Å². The second-order valence-corrected chi connectivity index (χ2v) is 8.14. The predicted octanol–water partition coefficient (Wildman–Crippen LogP) is 2.64. The second-order valence-electron chi connectivity index (χ2n) is 8.14. The molecule has 4 amide bonds. The predicted molar refractivity (Wildman–Crippen MR) is 108 cm³/mol. The number of rotatable bonds is 2. The minimum Gasteiger partial charge on any atom is -0.372 e. The van der Waals surface area contributed by atoms with Gasteiger partial charge in [0.1, 0.15) is 6.04 Å². The summed E-state index contributed by atoms with van der Waals surface area (Å²) in [5, 5.41) is 2.23. The molecule has 3 aliphatic rings. The minimum atomic E-state index is -0.919. The van der Waals surface area contributed by atoms with Gasteiger partial charge in [-0.3, -0.25) is 29.4 Å². The second kappa shape index (κ2) is 8.35. The molecule has 0 radical (unpaired) electrons. The summed E-state index contributed by atoms with van der Waals surface area (Å²) >= 11 is 0. The average molecular weight is 397 g/mol. The zero-order chi connectivity index (χ0) is 20.4. The summed E-state index contributed by atoms with van der Waals surface area (Å²) < 4.78 is 0. The summed E-state index contributed by atoms with van der Waals surface area (Å²) in [5.41, 5.74) is 1.65. The maximum absolute atomic E-state index is 13.0. The molecule has 1 atom stereocenters. The molecule has 0 saturated carbocycles. The molecule has 4 rings (SSSR count). The van der Waals surface area contributed by atoms with Gasteiger partial charge in [0.2, 0.25) is 11.8 Å². The van der Waals surface area contributed by atoms with Crippen LogP contribution in [0.2, 0.25) is 0 Å². The molecular formula is C22H27N3O4. The molecule has 2 saturated heterocycles. The lowest BCUT2D eigenvalue weighted by Gasteiger charge is -2.27. The molecule has 0 spiro atoms. The first-order valence-electron chi connectivity index (χ1n) is 10.7. The van der Waals surface area contributed by atoms with E-state index in [9.17, 15) is 19.2 Å². The van der Waals surface area contributed by atoms with Gasteiger partial charge in [-0.05, 0) is 37.5 Å². The number of carbonyl (C=O) groups is 4. The van der Waals surface area contributed by atoms with Crippen LogP contribution in [0.5, 0.6) is 0 Å². The van der Waals surface area contributed by atoms with Crippen molar-refractivity contribution in [2.75, 3.05) is 18.0 Å². The average Bonchev–Trinajstić information content (AvgIpc) is 2.96. The van der Waals surface area contributed by atoms with Crippen molar-refractivity contribution < 1.29 is 19.2 Å². The smallest absolute Gasteiger partial charge is 0.262 e. The van der Waals surface area contributed by atoms with Gasteiger partial charge in [0.05, 0.1) is 11.1 Å². The van der Waals surface area contributed by atoms with E-state index in [0.717, 1.165) is 36.5 Å². The van der Waals surface area contributed by atoms with Gasteiger partial charge in [-0.25, -0.2) is 0 Å². The lowest BCUT2D eigenvalue weighted by atomic mass is 10.0. The number of hydrogen-bond acceptors (Lipinski definition) is 5. The molecule has 1 aromatic rings. The molecule has 1 unspecified atom stereocenters. The summed E-state index contributed by atoms with van der Waals surface area (Å²) in [5.74, 6) is -1.84. The third-order valence-electron chi connectivity index (χ3n) is 6.14. The van der Waals surface area contributed by atoms with E-state index in [-0.39, 0.29) is 18.7 Å². The number of imide groups is 2. The van der Waals surface area contributed by atoms with E-state index >= 15 is 0 Å². The summed E-state index contributed by atoms with van der Waals surface area (Å²) in [7, 11) is 0. The molecule has 3 heterocycles. The number of fused-ring (bicyclic) bond motifs is 1. The van der Waals surface area contributed by atoms with Crippen LogP contribution in [-0.4, -0.2) is 47.7 Å². The lowest BCUT2D eigenvalue weighted by Crippen LogP contribution is -2.54. The molecule has 7 heteroatoms. The standard InChI is InChI=1S/C22H27N3O4/c26-19-11-10-18(20(27)23-19)25-21(28)16-9-8-15(14-17(16)22(25)29)24-12-6-4-2-1-3-5-7-13-24/h8-9,14,18H,1-7,10-13H2,(H,23,26,27). The zero-order valence-electron chi connectivity index (χ0n) is 16.6. The van der Waals surface area contributed by atoms with E-state index in [0.29, 0.717) is 11.1 Å². The van der Waals surface area contributed by atoms with E-state index in [4.69, 9.17) is 0 Å². The highest BCUT2D eigenvalue weighted by molar-refractivity contribution is 6.23. The molecule has 0 bridgehead atoms. The molecule has 2 fully saturated rings. The Morgan fingerprint density at radius 1 is 0.793 bits per heavy atom. The Labute approximate surface area is 170 Å². The van der Waals surface area contributed by atoms with Gasteiger partial charge >= 0.3 is 0 Å². The quantitative estimate of drug-likeness (QED) is 0.776. The van der Waals surface area contributed by atoms with E-state index in [2.05, 4.69) is 10.2 Å². The molecule has 1 aromatic carbocycles. The number of carbonyl (C=O) groups excluding carboxylic acids is 4. The summed E-state index contributed by atoms with van der Waals surface area (Å²) in [6.07, 6.45) is 8.81. The lowest BCUT2D eigenvalue weighted by molar-refractivity contribution is -0.136. The van der Waals surface area contributed by atoms with Crippen molar-refractivity contribution in [1.82, 2.24) is 10.2 Å². The number of nitrogens with zero attached hydrogens (tertiary/aromatic N) is 2. The molecular weight excluding hydrogens is 370 g/mol. The zero-order valence-corrected chi connectivity index (χ0v) is 16.6. The Morgan fingerprint density at radius 2 is 1.41 bits per heavy atom. The van der Waals surface area contributed by atoms with Crippen LogP contribution in [0.15, 0.2) is 18.2 Å². The largest absolute Gasteiger partial charge is 0.372 e. The number of piperidine rings is 1. The molecule has 1 N–H and O–H groups in total. The number of hydrogen-bond donors (Lipinski definition) is 1. The van der Waals surface area contributed by atoms with Gasteiger partial charge in [-0.15, -0.1) is 0 Å². The third kappa shape index (κ3) is 3.91. The molecule has 29 heavy (non-hydrogen) atoms. The number of amides is 4. The maximum Gasteiger partial charge on any atom is 0.262 e. The Bertz CT molecular complexity index is 840. The van der Waals surface area contributed by atoms with Crippen molar-refractivity contribution in [3.8, 4) is 0 Å². The Kier molecular flexibility index (Phi) is 5.65. The molecule has 7 nitrogen and oxygen atoms in total. The van der Waals surface area contributed by atoms with Crippen LogP contribution in [0, 0.1) is 0 Å². The normalized spacial score (nSPS) is 23.8. The van der Waals surface area contributed by atoms with Gasteiger partial charge < -0.3 is 4.90 Å². The van der Waals surface area contributed by atoms with Gasteiger partial charge in [0, 0.05) is 25.2 Å². The van der Waals surface area contributed by atoms with Crippen LogP contribution < -0.4 is 10.2 Å². The highest BCUT2D eigenvalue weighted by Gasteiger charge is 2.44. The van der Waals surface area contributed by atoms with Crippen molar-refractivity contribution in [3.63, 3.8) is 0 Å². The summed E-state index contributed by atoms with van der Waals surface area (Å²) in [6, 6.07) is 4.49. The Morgan fingerprint density at radius 3 is 2.07 bits per heavy atom. The van der Waals surface area contributed by atoms with Crippen molar-refractivity contribution in [1.29, 1.82) is 0 Å². The number of nitrogens with one attached hydrogen (secondary N) is 1. The van der Waals surface area contributed by atoms with Gasteiger partial charge in [-0.1, -0.05) is 32.1 Å². The number of anilines is 1. The first-order valence-corrected chi connectivity index (χ1v) is 10.7. The van der Waals surface area contributed by atoms with Crippen molar-refractivity contribution in [2.24, 2.45) is 0 Å². The fourth-order valence-electron chi connectivity index (χ4n) is 4.51. The van der Waals surface area contributed by atoms with E-state index in [1.165, 1.54) is 32.1 Å². The maximum atomic E-state index is 13.0. The van der Waals surface area contributed by atoms with E-state index < -0.39 is 23.8 Å². The van der Waals surface area contributed by atoms with Gasteiger partial charge in [0.15, 0.2) is 0 Å². The highest BCUT2D eigenvalue weighted by Crippen LogP contribution is 2.31. The van der Waals surface area contributed by atoms with Gasteiger partial charge in [0.25, 0.3) is 11.8 Å². The van der Waals surface area contributed by atoms with Crippen molar-refractivity contribution in [3.05, 3.63) is 29.3 Å². The molecule has 3 aliphatic heterocycles. The first-order chi connectivity index (χ1) is 14.1. The monoisotopic (exact) mass is 397 g/mol. The van der Waals surface area contributed by atoms with Crippen LogP contribution in [0.3, 0.4) is 0 Å². The topological polar surface area (TPSA) is 86.8 Å². The summed E-state index contributed by atoms with van der Waals surface area (Å²) in [4.78, 5) is 52.8.